The predicted molar refractivity (Wildman–Crippen MR) is 165 cm³/mol. The molecule has 2 atom stereocenters. The molecule has 14 heteroatoms. The standard InChI is InChI=1S/C30H32N8O4S2/c1-18(2)25-29-36-22(16-44-29)26(40)33-9-6-12-38(30(42)21-14-31-10-11-32-21)15-24(39)34-20(13-19-7-4-3-5-8-19)28-35-23(17-43-28)27(41)37-25/h3-5,7-8,10-11,14,16-18,20,25H,6,9,12-13,15H2,1-2H3,(H,33,40)(H,34,39)(H,37,41)/t20-,25-/m0/s1. The smallest absolute Gasteiger partial charge is 0.274 e. The predicted octanol–water partition coefficient (Wildman–Crippen LogP) is 3.19. The van der Waals surface area contributed by atoms with Crippen LogP contribution in [-0.2, 0) is 11.2 Å². The van der Waals surface area contributed by atoms with Crippen LogP contribution in [0.5, 0.6) is 0 Å². The van der Waals surface area contributed by atoms with Gasteiger partial charge in [0.1, 0.15) is 27.1 Å². The minimum absolute atomic E-state index is 0.00355. The second-order valence-electron chi connectivity index (χ2n) is 10.6. The largest absolute Gasteiger partial charge is 0.351 e. The molecule has 228 valence electrons. The van der Waals surface area contributed by atoms with E-state index in [0.29, 0.717) is 22.9 Å². The summed E-state index contributed by atoms with van der Waals surface area (Å²) in [5.41, 5.74) is 1.54. The van der Waals surface area contributed by atoms with Gasteiger partial charge in [0.25, 0.3) is 17.7 Å². The molecule has 12 nitrogen and oxygen atoms in total. The normalized spacial score (nSPS) is 18.4. The molecule has 5 rings (SSSR count). The molecule has 0 saturated carbocycles. The van der Waals surface area contributed by atoms with Crippen LogP contribution in [0.3, 0.4) is 0 Å². The highest BCUT2D eigenvalue weighted by molar-refractivity contribution is 7.10. The fraction of sp³-hybridized carbons (Fsp3) is 0.333. The van der Waals surface area contributed by atoms with Gasteiger partial charge in [0.15, 0.2) is 0 Å². The number of carbonyl (C=O) groups excluding carboxylic acids is 4. The Balaban J connectivity index is 1.47. The van der Waals surface area contributed by atoms with Crippen LogP contribution in [0.1, 0.15) is 79.4 Å². The zero-order valence-corrected chi connectivity index (χ0v) is 25.9. The molecule has 1 aromatic carbocycles. The van der Waals surface area contributed by atoms with E-state index in [0.717, 1.165) is 5.56 Å². The lowest BCUT2D eigenvalue weighted by Crippen LogP contribution is -2.43. The molecule has 0 spiro atoms. The van der Waals surface area contributed by atoms with E-state index in [2.05, 4.69) is 35.9 Å². The van der Waals surface area contributed by atoms with Crippen molar-refractivity contribution < 1.29 is 19.2 Å². The number of rotatable bonds is 4. The van der Waals surface area contributed by atoms with E-state index < -0.39 is 23.9 Å². The van der Waals surface area contributed by atoms with Crippen LogP contribution >= 0.6 is 22.7 Å². The fourth-order valence-corrected chi connectivity index (χ4v) is 6.54. The molecule has 4 bridgehead atoms. The summed E-state index contributed by atoms with van der Waals surface area (Å²) in [6.45, 7) is 4.12. The summed E-state index contributed by atoms with van der Waals surface area (Å²) in [7, 11) is 0. The Morgan fingerprint density at radius 1 is 0.977 bits per heavy atom. The van der Waals surface area contributed by atoms with E-state index in [1.165, 1.54) is 46.2 Å². The van der Waals surface area contributed by atoms with Crippen molar-refractivity contribution in [3.8, 4) is 0 Å². The van der Waals surface area contributed by atoms with Crippen molar-refractivity contribution in [3.05, 3.63) is 92.3 Å². The number of aromatic nitrogens is 4. The summed E-state index contributed by atoms with van der Waals surface area (Å²) in [6.07, 6.45) is 5.04. The number of nitrogens with one attached hydrogen (secondary N) is 3. The van der Waals surface area contributed by atoms with Gasteiger partial charge in [-0.2, -0.15) is 0 Å². The molecule has 1 aliphatic heterocycles. The van der Waals surface area contributed by atoms with Gasteiger partial charge in [-0.1, -0.05) is 44.2 Å². The number of amides is 4. The van der Waals surface area contributed by atoms with Gasteiger partial charge in [-0.3, -0.25) is 24.2 Å². The summed E-state index contributed by atoms with van der Waals surface area (Å²) >= 11 is 2.58. The lowest BCUT2D eigenvalue weighted by molar-refractivity contribution is -0.122. The lowest BCUT2D eigenvalue weighted by Gasteiger charge is -2.24. The van der Waals surface area contributed by atoms with Crippen molar-refractivity contribution in [3.63, 3.8) is 0 Å². The van der Waals surface area contributed by atoms with Gasteiger partial charge < -0.3 is 20.9 Å². The maximum Gasteiger partial charge on any atom is 0.274 e. The van der Waals surface area contributed by atoms with E-state index in [4.69, 9.17) is 0 Å². The molecule has 3 aromatic heterocycles. The van der Waals surface area contributed by atoms with Crippen LogP contribution in [0.4, 0.5) is 0 Å². The van der Waals surface area contributed by atoms with Crippen LogP contribution in [0.15, 0.2) is 59.7 Å². The van der Waals surface area contributed by atoms with Gasteiger partial charge in [0.2, 0.25) is 5.91 Å². The van der Waals surface area contributed by atoms with Gasteiger partial charge in [-0.05, 0) is 24.3 Å². The second-order valence-corrected chi connectivity index (χ2v) is 12.4. The van der Waals surface area contributed by atoms with E-state index in [9.17, 15) is 19.2 Å². The first-order chi connectivity index (χ1) is 21.3. The minimum Gasteiger partial charge on any atom is -0.351 e. The topological polar surface area (TPSA) is 159 Å². The van der Waals surface area contributed by atoms with Crippen molar-refractivity contribution in [2.75, 3.05) is 19.6 Å². The van der Waals surface area contributed by atoms with Gasteiger partial charge >= 0.3 is 0 Å². The molecular weight excluding hydrogens is 601 g/mol. The highest BCUT2D eigenvalue weighted by atomic mass is 32.1. The first-order valence-electron chi connectivity index (χ1n) is 14.2. The SMILES string of the molecule is CC(C)[C@@H]1NC(=O)c2csc(n2)[C@H](Cc2ccccc2)NC(=O)CN(C(=O)c2cnccn2)CCCNC(=O)c2csc1n2. The number of nitrogens with zero attached hydrogens (tertiary/aromatic N) is 5. The van der Waals surface area contributed by atoms with E-state index in [1.807, 2.05) is 44.2 Å². The summed E-state index contributed by atoms with van der Waals surface area (Å²) in [5, 5.41) is 13.4. The van der Waals surface area contributed by atoms with Gasteiger partial charge in [-0.15, -0.1) is 22.7 Å². The van der Waals surface area contributed by atoms with Crippen LogP contribution in [0.2, 0.25) is 0 Å². The van der Waals surface area contributed by atoms with Crippen LogP contribution < -0.4 is 16.0 Å². The van der Waals surface area contributed by atoms with Crippen molar-refractivity contribution >= 4 is 46.3 Å². The number of hydrogen-bond acceptors (Lipinski definition) is 10. The first kappa shape index (κ1) is 30.9. The fourth-order valence-electron chi connectivity index (χ4n) is 4.66. The average Bonchev–Trinajstić information content (AvgIpc) is 3.72. The third kappa shape index (κ3) is 7.68. The van der Waals surface area contributed by atoms with Crippen LogP contribution in [-0.4, -0.2) is 68.1 Å². The number of carbonyl (C=O) groups is 4. The van der Waals surface area contributed by atoms with Crippen LogP contribution in [0.25, 0.3) is 0 Å². The molecule has 1 aliphatic rings. The Morgan fingerprint density at radius 2 is 1.70 bits per heavy atom. The molecule has 44 heavy (non-hydrogen) atoms. The highest BCUT2D eigenvalue weighted by Crippen LogP contribution is 2.27. The van der Waals surface area contributed by atoms with Gasteiger partial charge in [0.05, 0.1) is 24.8 Å². The third-order valence-corrected chi connectivity index (χ3v) is 8.83. The van der Waals surface area contributed by atoms with E-state index in [1.54, 1.807) is 10.8 Å². The maximum atomic E-state index is 13.5. The zero-order valence-electron chi connectivity index (χ0n) is 24.2. The van der Waals surface area contributed by atoms with Crippen molar-refractivity contribution in [1.82, 2.24) is 40.8 Å². The zero-order chi connectivity index (χ0) is 31.1. The summed E-state index contributed by atoms with van der Waals surface area (Å²) in [5.74, 6) is -1.60. The Bertz CT molecular complexity index is 1610. The lowest BCUT2D eigenvalue weighted by atomic mass is 10.0. The Kier molecular flexibility index (Phi) is 10.0. The van der Waals surface area contributed by atoms with Gasteiger partial charge in [0, 0.05) is 36.2 Å². The molecule has 0 fully saturated rings. The van der Waals surface area contributed by atoms with Crippen molar-refractivity contribution in [2.45, 2.75) is 38.8 Å². The Labute approximate surface area is 262 Å². The number of thiazole rings is 2. The second kappa shape index (κ2) is 14.3. The van der Waals surface area contributed by atoms with Crippen molar-refractivity contribution in [2.24, 2.45) is 5.92 Å². The van der Waals surface area contributed by atoms with Gasteiger partial charge in [-0.25, -0.2) is 15.0 Å². The highest BCUT2D eigenvalue weighted by Gasteiger charge is 2.28. The molecule has 0 radical (unpaired) electrons. The van der Waals surface area contributed by atoms with E-state index >= 15 is 0 Å². The Hall–Kier alpha value is -4.56. The summed E-state index contributed by atoms with van der Waals surface area (Å²) in [4.78, 5) is 71.6. The molecule has 0 aliphatic carbocycles. The summed E-state index contributed by atoms with van der Waals surface area (Å²) in [6, 6.07) is 8.67. The first-order valence-corrected chi connectivity index (χ1v) is 15.9. The number of benzene rings is 1. The third-order valence-electron chi connectivity index (χ3n) is 6.94. The molecule has 4 aromatic rings. The molecule has 3 N–H and O–H groups in total. The molecule has 0 saturated heterocycles. The molecule has 0 unspecified atom stereocenters. The minimum atomic E-state index is -0.547. The number of hydrogen-bond donors (Lipinski definition) is 3. The molecule has 4 heterocycles. The van der Waals surface area contributed by atoms with E-state index in [-0.39, 0.29) is 54.4 Å². The quantitative estimate of drug-likeness (QED) is 0.309. The Morgan fingerprint density at radius 3 is 2.43 bits per heavy atom. The monoisotopic (exact) mass is 632 g/mol. The molecular formula is C30H32N8O4S2. The summed E-state index contributed by atoms with van der Waals surface area (Å²) < 4.78 is 0. The van der Waals surface area contributed by atoms with Crippen LogP contribution in [0, 0.1) is 5.92 Å². The number of fused-ring (bicyclic) bond motifs is 4. The maximum absolute atomic E-state index is 13.5. The molecule has 4 amide bonds. The van der Waals surface area contributed by atoms with Crippen molar-refractivity contribution in [1.29, 1.82) is 0 Å². The average molecular weight is 633 g/mol.